The van der Waals surface area contributed by atoms with E-state index in [-0.39, 0.29) is 18.1 Å². The zero-order valence-electron chi connectivity index (χ0n) is 6.67. The Labute approximate surface area is 66.4 Å². The smallest absolute Gasteiger partial charge is 0.243 e. The molecule has 11 heavy (non-hydrogen) atoms. The van der Waals surface area contributed by atoms with Gasteiger partial charge in [-0.15, -0.1) is 0 Å². The molecule has 1 rings (SSSR count). The van der Waals surface area contributed by atoms with Crippen LogP contribution < -0.4 is 5.32 Å². The van der Waals surface area contributed by atoms with Crippen LogP contribution in [-0.2, 0) is 9.53 Å². The average molecular weight is 155 g/mol. The lowest BCUT2D eigenvalue weighted by Gasteiger charge is -2.07. The van der Waals surface area contributed by atoms with Crippen LogP contribution in [0.1, 0.15) is 13.3 Å². The standard InChI is InChI=1S/C8H13NO2/c1-3-8(10)9-7-4-6(2)11-5-7/h3,6-7H,1,4-5H2,2H3,(H,9,10). The Bertz CT molecular complexity index is 167. The molecule has 0 radical (unpaired) electrons. The predicted octanol–water partition coefficient (Wildman–Crippen LogP) is 0.466. The largest absolute Gasteiger partial charge is 0.376 e. The number of carbonyl (C=O) groups is 1. The van der Waals surface area contributed by atoms with Crippen LogP contribution in [0.15, 0.2) is 12.7 Å². The Morgan fingerprint density at radius 3 is 3.00 bits per heavy atom. The van der Waals surface area contributed by atoms with E-state index in [0.717, 1.165) is 6.42 Å². The molecule has 62 valence electrons. The summed E-state index contributed by atoms with van der Waals surface area (Å²) in [4.78, 5) is 10.8. The molecule has 0 aliphatic carbocycles. The molecular weight excluding hydrogens is 142 g/mol. The van der Waals surface area contributed by atoms with Gasteiger partial charge in [0.15, 0.2) is 0 Å². The summed E-state index contributed by atoms with van der Waals surface area (Å²) in [6, 6.07) is 0.176. The minimum atomic E-state index is -0.118. The van der Waals surface area contributed by atoms with Crippen LogP contribution in [0.3, 0.4) is 0 Å². The molecule has 1 heterocycles. The van der Waals surface area contributed by atoms with E-state index in [9.17, 15) is 4.79 Å². The third-order valence-corrected chi connectivity index (χ3v) is 1.73. The molecule has 0 bridgehead atoms. The molecule has 0 aromatic carbocycles. The molecule has 0 spiro atoms. The quantitative estimate of drug-likeness (QED) is 0.588. The number of rotatable bonds is 2. The van der Waals surface area contributed by atoms with E-state index in [2.05, 4.69) is 11.9 Å². The van der Waals surface area contributed by atoms with Gasteiger partial charge in [-0.2, -0.15) is 0 Å². The van der Waals surface area contributed by atoms with Crippen molar-refractivity contribution in [3.8, 4) is 0 Å². The highest BCUT2D eigenvalue weighted by Gasteiger charge is 2.22. The maximum Gasteiger partial charge on any atom is 0.243 e. The second kappa shape index (κ2) is 3.53. The van der Waals surface area contributed by atoms with Gasteiger partial charge in [0.2, 0.25) is 5.91 Å². The topological polar surface area (TPSA) is 38.3 Å². The lowest BCUT2D eigenvalue weighted by atomic mass is 10.2. The summed E-state index contributed by atoms with van der Waals surface area (Å²) in [7, 11) is 0. The second-order valence-corrected chi connectivity index (χ2v) is 2.79. The highest BCUT2D eigenvalue weighted by atomic mass is 16.5. The van der Waals surface area contributed by atoms with Crippen LogP contribution in [0.25, 0.3) is 0 Å². The Morgan fingerprint density at radius 2 is 2.55 bits per heavy atom. The van der Waals surface area contributed by atoms with E-state index in [0.29, 0.717) is 6.61 Å². The van der Waals surface area contributed by atoms with Gasteiger partial charge in [-0.25, -0.2) is 0 Å². The predicted molar refractivity (Wildman–Crippen MR) is 42.2 cm³/mol. The first-order valence-corrected chi connectivity index (χ1v) is 3.77. The molecule has 1 saturated heterocycles. The van der Waals surface area contributed by atoms with E-state index < -0.39 is 0 Å². The van der Waals surface area contributed by atoms with E-state index in [4.69, 9.17) is 4.74 Å². The molecular formula is C8H13NO2. The molecule has 2 unspecified atom stereocenters. The van der Waals surface area contributed by atoms with E-state index in [1.807, 2.05) is 6.92 Å². The minimum absolute atomic E-state index is 0.118. The summed E-state index contributed by atoms with van der Waals surface area (Å²) in [5.41, 5.74) is 0. The summed E-state index contributed by atoms with van der Waals surface area (Å²) in [6.07, 6.45) is 2.45. The lowest BCUT2D eigenvalue weighted by molar-refractivity contribution is -0.117. The van der Waals surface area contributed by atoms with Crippen molar-refractivity contribution in [2.45, 2.75) is 25.5 Å². The summed E-state index contributed by atoms with van der Waals surface area (Å²) >= 11 is 0. The van der Waals surface area contributed by atoms with Crippen molar-refractivity contribution in [3.05, 3.63) is 12.7 Å². The molecule has 2 atom stereocenters. The maximum atomic E-state index is 10.8. The summed E-state index contributed by atoms with van der Waals surface area (Å²) in [6.45, 7) is 5.99. The first-order chi connectivity index (χ1) is 5.22. The van der Waals surface area contributed by atoms with Gasteiger partial charge in [0.05, 0.1) is 18.8 Å². The summed E-state index contributed by atoms with van der Waals surface area (Å²) in [5.74, 6) is -0.118. The first kappa shape index (κ1) is 8.27. The number of amides is 1. The average Bonchev–Trinajstić information content (AvgIpc) is 2.35. The van der Waals surface area contributed by atoms with Crippen molar-refractivity contribution in [2.24, 2.45) is 0 Å². The van der Waals surface area contributed by atoms with Crippen LogP contribution in [0, 0.1) is 0 Å². The van der Waals surface area contributed by atoms with E-state index >= 15 is 0 Å². The van der Waals surface area contributed by atoms with Crippen LogP contribution in [0.5, 0.6) is 0 Å². The Kier molecular flexibility index (Phi) is 2.65. The molecule has 3 heteroatoms. The lowest BCUT2D eigenvalue weighted by Crippen LogP contribution is -2.33. The Hall–Kier alpha value is -0.830. The number of carbonyl (C=O) groups excluding carboxylic acids is 1. The van der Waals surface area contributed by atoms with Crippen molar-refractivity contribution in [2.75, 3.05) is 6.61 Å². The maximum absolute atomic E-state index is 10.8. The van der Waals surface area contributed by atoms with Gasteiger partial charge in [0, 0.05) is 0 Å². The number of hydrogen-bond donors (Lipinski definition) is 1. The first-order valence-electron chi connectivity index (χ1n) is 3.77. The number of hydrogen-bond acceptors (Lipinski definition) is 2. The molecule has 1 aliphatic rings. The van der Waals surface area contributed by atoms with Crippen molar-refractivity contribution in [1.29, 1.82) is 0 Å². The third-order valence-electron chi connectivity index (χ3n) is 1.73. The van der Waals surface area contributed by atoms with Gasteiger partial charge in [0.1, 0.15) is 0 Å². The van der Waals surface area contributed by atoms with E-state index in [1.54, 1.807) is 0 Å². The molecule has 1 amide bonds. The molecule has 1 N–H and O–H groups in total. The molecule has 0 saturated carbocycles. The van der Waals surface area contributed by atoms with Crippen molar-refractivity contribution in [3.63, 3.8) is 0 Å². The summed E-state index contributed by atoms with van der Waals surface area (Å²) in [5, 5.41) is 2.78. The van der Waals surface area contributed by atoms with Crippen LogP contribution in [0.2, 0.25) is 0 Å². The van der Waals surface area contributed by atoms with Crippen LogP contribution in [0.4, 0.5) is 0 Å². The van der Waals surface area contributed by atoms with Gasteiger partial charge in [-0.05, 0) is 19.4 Å². The van der Waals surface area contributed by atoms with Crippen molar-refractivity contribution in [1.82, 2.24) is 5.32 Å². The molecule has 1 fully saturated rings. The summed E-state index contributed by atoms with van der Waals surface area (Å²) < 4.78 is 5.26. The fourth-order valence-corrected chi connectivity index (χ4v) is 1.18. The van der Waals surface area contributed by atoms with Crippen LogP contribution in [-0.4, -0.2) is 24.7 Å². The molecule has 0 aromatic heterocycles. The van der Waals surface area contributed by atoms with E-state index in [1.165, 1.54) is 6.08 Å². The van der Waals surface area contributed by atoms with Crippen molar-refractivity contribution >= 4 is 5.91 Å². The zero-order chi connectivity index (χ0) is 8.27. The zero-order valence-corrected chi connectivity index (χ0v) is 6.67. The van der Waals surface area contributed by atoms with Gasteiger partial charge in [-0.1, -0.05) is 6.58 Å². The highest BCUT2D eigenvalue weighted by Crippen LogP contribution is 2.11. The SMILES string of the molecule is C=CC(=O)NC1COC(C)C1. The number of ether oxygens (including phenoxy) is 1. The fourth-order valence-electron chi connectivity index (χ4n) is 1.18. The molecule has 3 nitrogen and oxygen atoms in total. The van der Waals surface area contributed by atoms with Gasteiger partial charge in [0.25, 0.3) is 0 Å². The molecule has 1 aliphatic heterocycles. The monoisotopic (exact) mass is 155 g/mol. The minimum Gasteiger partial charge on any atom is -0.376 e. The number of nitrogens with one attached hydrogen (secondary N) is 1. The second-order valence-electron chi connectivity index (χ2n) is 2.79. The Balaban J connectivity index is 2.28. The Morgan fingerprint density at radius 1 is 1.82 bits per heavy atom. The van der Waals surface area contributed by atoms with Gasteiger partial charge >= 0.3 is 0 Å². The normalized spacial score (nSPS) is 29.9. The third kappa shape index (κ3) is 2.35. The van der Waals surface area contributed by atoms with Crippen LogP contribution >= 0.6 is 0 Å². The molecule has 0 aromatic rings. The van der Waals surface area contributed by atoms with Gasteiger partial charge in [-0.3, -0.25) is 4.79 Å². The van der Waals surface area contributed by atoms with Crippen molar-refractivity contribution < 1.29 is 9.53 Å². The fraction of sp³-hybridized carbons (Fsp3) is 0.625. The van der Waals surface area contributed by atoms with Gasteiger partial charge < -0.3 is 10.1 Å². The highest BCUT2D eigenvalue weighted by molar-refractivity contribution is 5.87.